The van der Waals surface area contributed by atoms with E-state index in [0.29, 0.717) is 17.4 Å². The number of benzene rings is 1. The van der Waals surface area contributed by atoms with Crippen molar-refractivity contribution in [2.24, 2.45) is 5.41 Å². The van der Waals surface area contributed by atoms with Crippen LogP contribution in [0.15, 0.2) is 27.8 Å². The van der Waals surface area contributed by atoms with E-state index in [1.807, 2.05) is 39.8 Å². The topological polar surface area (TPSA) is 54.9 Å². The Hall–Kier alpha value is -1.84. The van der Waals surface area contributed by atoms with E-state index in [2.05, 4.69) is 4.98 Å². The van der Waals surface area contributed by atoms with Crippen LogP contribution in [0.3, 0.4) is 0 Å². The molecule has 0 spiro atoms. The van der Waals surface area contributed by atoms with Crippen LogP contribution in [0.2, 0.25) is 0 Å². The molecular weight excluding hydrogens is 228 g/mol. The van der Waals surface area contributed by atoms with Gasteiger partial charge in [-0.1, -0.05) is 32.9 Å². The Kier molecular flexibility index (Phi) is 2.89. The SMILES string of the molecule is Cc1cccc2c(=O)n(CC(C)(C)C)c(=O)[nH]c12. The highest BCUT2D eigenvalue weighted by Gasteiger charge is 2.16. The summed E-state index contributed by atoms with van der Waals surface area (Å²) in [6.45, 7) is 8.29. The quantitative estimate of drug-likeness (QED) is 0.837. The third kappa shape index (κ3) is 2.23. The van der Waals surface area contributed by atoms with Crippen LogP contribution in [-0.4, -0.2) is 9.55 Å². The normalized spacial score (nSPS) is 12.0. The Morgan fingerprint density at radius 3 is 2.50 bits per heavy atom. The second kappa shape index (κ2) is 4.12. The van der Waals surface area contributed by atoms with Crippen LogP contribution in [-0.2, 0) is 6.54 Å². The van der Waals surface area contributed by atoms with Gasteiger partial charge in [-0.25, -0.2) is 4.79 Å². The molecule has 0 aliphatic heterocycles. The maximum absolute atomic E-state index is 12.3. The molecule has 0 unspecified atom stereocenters. The van der Waals surface area contributed by atoms with Gasteiger partial charge in [-0.2, -0.15) is 0 Å². The number of rotatable bonds is 1. The summed E-state index contributed by atoms with van der Waals surface area (Å²) < 4.78 is 1.28. The predicted octanol–water partition coefficient (Wildman–Crippen LogP) is 2.04. The lowest BCUT2D eigenvalue weighted by Gasteiger charge is -2.19. The minimum absolute atomic E-state index is 0.117. The maximum Gasteiger partial charge on any atom is 0.328 e. The van der Waals surface area contributed by atoms with Crippen molar-refractivity contribution in [2.75, 3.05) is 0 Å². The number of nitrogens with zero attached hydrogens (tertiary/aromatic N) is 1. The van der Waals surface area contributed by atoms with Gasteiger partial charge in [0.05, 0.1) is 10.9 Å². The van der Waals surface area contributed by atoms with Crippen molar-refractivity contribution < 1.29 is 0 Å². The number of para-hydroxylation sites is 1. The number of hydrogen-bond acceptors (Lipinski definition) is 2. The molecule has 0 bridgehead atoms. The van der Waals surface area contributed by atoms with E-state index in [1.54, 1.807) is 6.07 Å². The molecule has 0 saturated heterocycles. The maximum atomic E-state index is 12.3. The van der Waals surface area contributed by atoms with Gasteiger partial charge in [0.1, 0.15) is 0 Å². The fraction of sp³-hybridized carbons (Fsp3) is 0.429. The van der Waals surface area contributed by atoms with Crippen molar-refractivity contribution in [3.63, 3.8) is 0 Å². The molecule has 0 atom stereocenters. The Balaban J connectivity index is 2.79. The molecule has 2 aromatic rings. The lowest BCUT2D eigenvalue weighted by Crippen LogP contribution is -2.38. The zero-order valence-corrected chi connectivity index (χ0v) is 11.2. The molecule has 0 fully saturated rings. The molecule has 0 aliphatic rings. The summed E-state index contributed by atoms with van der Waals surface area (Å²) in [5, 5.41) is 0.568. The average Bonchev–Trinajstić information content (AvgIpc) is 2.25. The zero-order chi connectivity index (χ0) is 13.5. The van der Waals surface area contributed by atoms with Crippen LogP contribution in [0.1, 0.15) is 26.3 Å². The average molecular weight is 246 g/mol. The number of aromatic nitrogens is 2. The number of aryl methyl sites for hydroxylation is 1. The second-order valence-electron chi connectivity index (χ2n) is 5.88. The van der Waals surface area contributed by atoms with Crippen molar-refractivity contribution in [1.82, 2.24) is 9.55 Å². The van der Waals surface area contributed by atoms with Crippen molar-refractivity contribution in [3.05, 3.63) is 44.6 Å². The van der Waals surface area contributed by atoms with Crippen molar-refractivity contribution in [3.8, 4) is 0 Å². The minimum Gasteiger partial charge on any atom is -0.306 e. The number of nitrogens with one attached hydrogen (secondary N) is 1. The predicted molar refractivity (Wildman–Crippen MR) is 73.0 cm³/mol. The summed E-state index contributed by atoms with van der Waals surface area (Å²) in [4.78, 5) is 27.1. The Labute approximate surface area is 105 Å². The first kappa shape index (κ1) is 12.6. The van der Waals surface area contributed by atoms with E-state index in [-0.39, 0.29) is 16.7 Å². The molecule has 1 aromatic heterocycles. The highest BCUT2D eigenvalue weighted by molar-refractivity contribution is 5.80. The highest BCUT2D eigenvalue weighted by Crippen LogP contribution is 2.15. The molecular formula is C14H18N2O2. The van der Waals surface area contributed by atoms with Crippen molar-refractivity contribution in [2.45, 2.75) is 34.2 Å². The molecule has 4 nitrogen and oxygen atoms in total. The minimum atomic E-state index is -0.336. The molecule has 1 aromatic carbocycles. The molecule has 1 heterocycles. The fourth-order valence-corrected chi connectivity index (χ4v) is 2.04. The third-order valence-corrected chi connectivity index (χ3v) is 2.86. The van der Waals surface area contributed by atoms with Crippen LogP contribution in [0.5, 0.6) is 0 Å². The molecule has 0 aliphatic carbocycles. The van der Waals surface area contributed by atoms with E-state index in [4.69, 9.17) is 0 Å². The van der Waals surface area contributed by atoms with E-state index >= 15 is 0 Å². The van der Waals surface area contributed by atoms with Crippen LogP contribution in [0.4, 0.5) is 0 Å². The number of fused-ring (bicyclic) bond motifs is 1. The summed E-state index contributed by atoms with van der Waals surface area (Å²) in [6, 6.07) is 5.46. The molecule has 0 radical (unpaired) electrons. The summed E-state index contributed by atoms with van der Waals surface area (Å²) in [5.74, 6) is 0. The molecule has 4 heteroatoms. The lowest BCUT2D eigenvalue weighted by molar-refractivity contribution is 0.332. The number of H-pyrrole nitrogens is 1. The van der Waals surface area contributed by atoms with Crippen LogP contribution < -0.4 is 11.2 Å². The van der Waals surface area contributed by atoms with Gasteiger partial charge < -0.3 is 4.98 Å². The van der Waals surface area contributed by atoms with Gasteiger partial charge in [0, 0.05) is 6.54 Å². The van der Waals surface area contributed by atoms with Gasteiger partial charge in [-0.15, -0.1) is 0 Å². The molecule has 0 amide bonds. The van der Waals surface area contributed by atoms with Gasteiger partial charge >= 0.3 is 5.69 Å². The smallest absolute Gasteiger partial charge is 0.306 e. The first-order valence-electron chi connectivity index (χ1n) is 6.02. The first-order valence-corrected chi connectivity index (χ1v) is 6.02. The third-order valence-electron chi connectivity index (χ3n) is 2.86. The van der Waals surface area contributed by atoms with Crippen LogP contribution >= 0.6 is 0 Å². The first-order chi connectivity index (χ1) is 8.29. The van der Waals surface area contributed by atoms with Gasteiger partial charge in [0.2, 0.25) is 0 Å². The van der Waals surface area contributed by atoms with Crippen LogP contribution in [0, 0.1) is 12.3 Å². The summed E-state index contributed by atoms with van der Waals surface area (Å²) >= 11 is 0. The van der Waals surface area contributed by atoms with Gasteiger partial charge in [0.25, 0.3) is 5.56 Å². The van der Waals surface area contributed by atoms with Gasteiger partial charge in [-0.3, -0.25) is 9.36 Å². The Bertz CT molecular complexity index is 702. The highest BCUT2D eigenvalue weighted by atomic mass is 16.2. The van der Waals surface area contributed by atoms with E-state index in [9.17, 15) is 9.59 Å². The standard InChI is InChI=1S/C14H18N2O2/c1-9-6-5-7-10-11(9)15-13(18)16(12(10)17)8-14(2,3)4/h5-7H,8H2,1-4H3,(H,15,18). The van der Waals surface area contributed by atoms with Crippen molar-refractivity contribution >= 4 is 10.9 Å². The monoisotopic (exact) mass is 246 g/mol. The van der Waals surface area contributed by atoms with Crippen LogP contribution in [0.25, 0.3) is 10.9 Å². The Morgan fingerprint density at radius 1 is 1.22 bits per heavy atom. The second-order valence-corrected chi connectivity index (χ2v) is 5.88. The van der Waals surface area contributed by atoms with Crippen molar-refractivity contribution in [1.29, 1.82) is 0 Å². The Morgan fingerprint density at radius 2 is 1.89 bits per heavy atom. The molecule has 96 valence electrons. The fourth-order valence-electron chi connectivity index (χ4n) is 2.04. The lowest BCUT2D eigenvalue weighted by atomic mass is 9.97. The molecule has 18 heavy (non-hydrogen) atoms. The molecule has 0 saturated carbocycles. The zero-order valence-electron chi connectivity index (χ0n) is 11.2. The van der Waals surface area contributed by atoms with E-state index < -0.39 is 0 Å². The number of hydrogen-bond donors (Lipinski definition) is 1. The largest absolute Gasteiger partial charge is 0.328 e. The van der Waals surface area contributed by atoms with E-state index in [0.717, 1.165) is 5.56 Å². The van der Waals surface area contributed by atoms with Gasteiger partial charge in [0.15, 0.2) is 0 Å². The molecule has 2 rings (SSSR count). The van der Waals surface area contributed by atoms with Gasteiger partial charge in [-0.05, 0) is 24.0 Å². The summed E-state index contributed by atoms with van der Waals surface area (Å²) in [6.07, 6.45) is 0. The number of aromatic amines is 1. The summed E-state index contributed by atoms with van der Waals surface area (Å²) in [5.41, 5.74) is 0.875. The van der Waals surface area contributed by atoms with E-state index in [1.165, 1.54) is 4.57 Å². The summed E-state index contributed by atoms with van der Waals surface area (Å²) in [7, 11) is 0. The molecule has 1 N–H and O–H groups in total.